The molecule has 1 aromatic rings. The van der Waals surface area contributed by atoms with Gasteiger partial charge in [-0.15, -0.1) is 0 Å². The molecule has 106 valence electrons. The number of pyridine rings is 1. The number of anilines is 1. The van der Waals surface area contributed by atoms with E-state index in [1.807, 2.05) is 19.9 Å². The largest absolute Gasteiger partial charge is 0.385 e. The van der Waals surface area contributed by atoms with E-state index in [4.69, 9.17) is 0 Å². The van der Waals surface area contributed by atoms with Crippen LogP contribution in [0.2, 0.25) is 0 Å². The third-order valence-corrected chi connectivity index (χ3v) is 2.97. The van der Waals surface area contributed by atoms with Crippen LogP contribution in [0.1, 0.15) is 55.6 Å². The standard InChI is InChI=1S/C15H25N3O/c1-4-6-7-8-9-17-15(19)13-11-18-12(3)10-14(13)16-5-2/h10-11H,4-9H2,1-3H3,(H,16,18)(H,17,19). The van der Waals surface area contributed by atoms with E-state index in [1.54, 1.807) is 6.20 Å². The molecule has 2 N–H and O–H groups in total. The second kappa shape index (κ2) is 8.51. The molecule has 0 aliphatic carbocycles. The predicted octanol–water partition coefficient (Wildman–Crippen LogP) is 3.13. The van der Waals surface area contributed by atoms with Crippen molar-refractivity contribution in [2.45, 2.75) is 46.5 Å². The average Bonchev–Trinajstić information content (AvgIpc) is 2.39. The summed E-state index contributed by atoms with van der Waals surface area (Å²) >= 11 is 0. The maximum Gasteiger partial charge on any atom is 0.254 e. The van der Waals surface area contributed by atoms with Crippen molar-refractivity contribution in [2.24, 2.45) is 0 Å². The topological polar surface area (TPSA) is 54.0 Å². The summed E-state index contributed by atoms with van der Waals surface area (Å²) in [6, 6.07) is 1.91. The lowest BCUT2D eigenvalue weighted by Crippen LogP contribution is -2.25. The van der Waals surface area contributed by atoms with Crippen molar-refractivity contribution in [3.05, 3.63) is 23.5 Å². The molecule has 0 aromatic carbocycles. The van der Waals surface area contributed by atoms with Crippen LogP contribution in [0.4, 0.5) is 5.69 Å². The fraction of sp³-hybridized carbons (Fsp3) is 0.600. The van der Waals surface area contributed by atoms with Crippen molar-refractivity contribution in [3.8, 4) is 0 Å². The minimum atomic E-state index is -0.0417. The highest BCUT2D eigenvalue weighted by atomic mass is 16.1. The van der Waals surface area contributed by atoms with Gasteiger partial charge in [-0.1, -0.05) is 26.2 Å². The molecule has 1 amide bonds. The first kappa shape index (κ1) is 15.5. The Balaban J connectivity index is 2.55. The van der Waals surface area contributed by atoms with Crippen LogP contribution in [0, 0.1) is 6.92 Å². The molecule has 0 unspecified atom stereocenters. The van der Waals surface area contributed by atoms with Gasteiger partial charge < -0.3 is 10.6 Å². The molecule has 0 aliphatic heterocycles. The maximum absolute atomic E-state index is 12.1. The van der Waals surface area contributed by atoms with E-state index >= 15 is 0 Å². The van der Waals surface area contributed by atoms with Crippen LogP contribution in [-0.4, -0.2) is 24.0 Å². The van der Waals surface area contributed by atoms with Gasteiger partial charge >= 0.3 is 0 Å². The molecule has 19 heavy (non-hydrogen) atoms. The summed E-state index contributed by atoms with van der Waals surface area (Å²) in [5.74, 6) is -0.0417. The number of hydrogen-bond acceptors (Lipinski definition) is 3. The van der Waals surface area contributed by atoms with Crippen LogP contribution in [0.15, 0.2) is 12.3 Å². The van der Waals surface area contributed by atoms with Crippen molar-refractivity contribution in [3.63, 3.8) is 0 Å². The molecule has 0 saturated carbocycles. The Morgan fingerprint density at radius 2 is 2.05 bits per heavy atom. The number of nitrogens with one attached hydrogen (secondary N) is 2. The maximum atomic E-state index is 12.1. The number of aryl methyl sites for hydroxylation is 1. The number of aromatic nitrogens is 1. The lowest BCUT2D eigenvalue weighted by atomic mass is 10.1. The van der Waals surface area contributed by atoms with Crippen molar-refractivity contribution in [2.75, 3.05) is 18.4 Å². The van der Waals surface area contributed by atoms with Crippen LogP contribution in [0.3, 0.4) is 0 Å². The zero-order chi connectivity index (χ0) is 14.1. The highest BCUT2D eigenvalue weighted by molar-refractivity contribution is 5.99. The summed E-state index contributed by atoms with van der Waals surface area (Å²) in [6.45, 7) is 7.65. The predicted molar refractivity (Wildman–Crippen MR) is 79.6 cm³/mol. The molecular formula is C15H25N3O. The molecule has 0 spiro atoms. The number of carbonyl (C=O) groups excluding carboxylic acids is 1. The van der Waals surface area contributed by atoms with Crippen molar-refractivity contribution < 1.29 is 4.79 Å². The summed E-state index contributed by atoms with van der Waals surface area (Å²) in [5.41, 5.74) is 2.40. The van der Waals surface area contributed by atoms with E-state index in [1.165, 1.54) is 19.3 Å². The molecule has 4 nitrogen and oxygen atoms in total. The fourth-order valence-electron chi connectivity index (χ4n) is 1.93. The Hall–Kier alpha value is -1.58. The third kappa shape index (κ3) is 5.28. The lowest BCUT2D eigenvalue weighted by molar-refractivity contribution is 0.0953. The van der Waals surface area contributed by atoms with E-state index in [0.29, 0.717) is 5.56 Å². The third-order valence-electron chi connectivity index (χ3n) is 2.97. The van der Waals surface area contributed by atoms with Crippen LogP contribution < -0.4 is 10.6 Å². The van der Waals surface area contributed by atoms with Crippen LogP contribution in [0.25, 0.3) is 0 Å². The summed E-state index contributed by atoms with van der Waals surface area (Å²) < 4.78 is 0. The zero-order valence-corrected chi connectivity index (χ0v) is 12.3. The summed E-state index contributed by atoms with van der Waals surface area (Å²) in [6.07, 6.45) is 6.29. The highest BCUT2D eigenvalue weighted by Gasteiger charge is 2.11. The summed E-state index contributed by atoms with van der Waals surface area (Å²) in [5, 5.41) is 6.16. The highest BCUT2D eigenvalue weighted by Crippen LogP contribution is 2.15. The minimum absolute atomic E-state index is 0.0417. The number of rotatable bonds is 8. The van der Waals surface area contributed by atoms with Gasteiger partial charge in [0.15, 0.2) is 0 Å². The molecule has 1 rings (SSSR count). The number of amides is 1. The van der Waals surface area contributed by atoms with Gasteiger partial charge in [-0.05, 0) is 26.3 Å². The number of carbonyl (C=O) groups is 1. The monoisotopic (exact) mass is 263 g/mol. The van der Waals surface area contributed by atoms with Gasteiger partial charge in [0.05, 0.1) is 11.3 Å². The van der Waals surface area contributed by atoms with Gasteiger partial charge in [0.25, 0.3) is 5.91 Å². The number of nitrogens with zero attached hydrogens (tertiary/aromatic N) is 1. The van der Waals surface area contributed by atoms with Gasteiger partial charge in [-0.2, -0.15) is 0 Å². The fourth-order valence-corrected chi connectivity index (χ4v) is 1.93. The first-order valence-electron chi connectivity index (χ1n) is 7.17. The van der Waals surface area contributed by atoms with Crippen LogP contribution in [-0.2, 0) is 0 Å². The molecule has 0 bridgehead atoms. The van der Waals surface area contributed by atoms with E-state index in [0.717, 1.165) is 30.9 Å². The normalized spacial score (nSPS) is 10.3. The van der Waals surface area contributed by atoms with Gasteiger partial charge in [0, 0.05) is 25.0 Å². The zero-order valence-electron chi connectivity index (χ0n) is 12.3. The Kier molecular flexibility index (Phi) is 6.93. The number of unbranched alkanes of at least 4 members (excludes halogenated alkanes) is 3. The molecule has 4 heteroatoms. The van der Waals surface area contributed by atoms with Crippen molar-refractivity contribution in [1.29, 1.82) is 0 Å². The Labute approximate surface area is 116 Å². The van der Waals surface area contributed by atoms with E-state index < -0.39 is 0 Å². The average molecular weight is 263 g/mol. The first-order chi connectivity index (χ1) is 9.19. The quantitative estimate of drug-likeness (QED) is 0.708. The molecule has 1 heterocycles. The van der Waals surface area contributed by atoms with E-state index in [9.17, 15) is 4.79 Å². The molecule has 0 atom stereocenters. The smallest absolute Gasteiger partial charge is 0.254 e. The Bertz CT molecular complexity index is 404. The molecule has 0 fully saturated rings. The van der Waals surface area contributed by atoms with Gasteiger partial charge in [-0.3, -0.25) is 9.78 Å². The first-order valence-corrected chi connectivity index (χ1v) is 7.17. The summed E-state index contributed by atoms with van der Waals surface area (Å²) in [7, 11) is 0. The Morgan fingerprint density at radius 3 is 2.74 bits per heavy atom. The second-order valence-corrected chi connectivity index (χ2v) is 4.72. The van der Waals surface area contributed by atoms with Gasteiger partial charge in [0.1, 0.15) is 0 Å². The van der Waals surface area contributed by atoms with Crippen LogP contribution in [0.5, 0.6) is 0 Å². The summed E-state index contributed by atoms with van der Waals surface area (Å²) in [4.78, 5) is 16.3. The van der Waals surface area contributed by atoms with Crippen molar-refractivity contribution >= 4 is 11.6 Å². The van der Waals surface area contributed by atoms with E-state index in [2.05, 4.69) is 22.5 Å². The van der Waals surface area contributed by atoms with Gasteiger partial charge in [0.2, 0.25) is 0 Å². The SMILES string of the molecule is CCCCCCNC(=O)c1cnc(C)cc1NCC. The Morgan fingerprint density at radius 1 is 1.26 bits per heavy atom. The molecule has 0 radical (unpaired) electrons. The van der Waals surface area contributed by atoms with Gasteiger partial charge in [-0.25, -0.2) is 0 Å². The number of hydrogen-bond donors (Lipinski definition) is 2. The van der Waals surface area contributed by atoms with Crippen LogP contribution >= 0.6 is 0 Å². The molecule has 1 aromatic heterocycles. The molecule has 0 aliphatic rings. The molecule has 0 saturated heterocycles. The second-order valence-electron chi connectivity index (χ2n) is 4.72. The minimum Gasteiger partial charge on any atom is -0.385 e. The molecular weight excluding hydrogens is 238 g/mol. The van der Waals surface area contributed by atoms with E-state index in [-0.39, 0.29) is 5.91 Å². The lowest BCUT2D eigenvalue weighted by Gasteiger charge is -2.11. The van der Waals surface area contributed by atoms with Crippen molar-refractivity contribution in [1.82, 2.24) is 10.3 Å².